The molecule has 128 valence electrons. The molecule has 6 nitrogen and oxygen atoms in total. The van der Waals surface area contributed by atoms with E-state index in [4.69, 9.17) is 0 Å². The number of hydrogen-bond acceptors (Lipinski definition) is 5. The van der Waals surface area contributed by atoms with E-state index in [0.717, 1.165) is 36.0 Å². The Kier molecular flexibility index (Phi) is 4.35. The molecular weight excluding hydrogens is 348 g/mol. The zero-order chi connectivity index (χ0) is 17.5. The van der Waals surface area contributed by atoms with E-state index in [0.29, 0.717) is 17.1 Å². The lowest BCUT2D eigenvalue weighted by Gasteiger charge is -2.07. The van der Waals surface area contributed by atoms with Gasteiger partial charge in [-0.25, -0.2) is 8.42 Å². The fraction of sp³-hybridized carbons (Fsp3) is 0.375. The number of sulfone groups is 1. The van der Waals surface area contributed by atoms with Gasteiger partial charge in [0.05, 0.1) is 11.4 Å². The van der Waals surface area contributed by atoms with E-state index >= 15 is 0 Å². The lowest BCUT2D eigenvalue weighted by Crippen LogP contribution is -2.25. The Bertz CT molecular complexity index is 935. The summed E-state index contributed by atoms with van der Waals surface area (Å²) in [5, 5.41) is 2.89. The molecule has 1 aromatic heterocycles. The molecule has 0 radical (unpaired) electrons. The van der Waals surface area contributed by atoms with Crippen LogP contribution in [-0.4, -0.2) is 31.2 Å². The molecule has 2 aromatic rings. The van der Waals surface area contributed by atoms with Crippen molar-refractivity contribution >= 4 is 27.1 Å². The van der Waals surface area contributed by atoms with E-state index < -0.39 is 9.84 Å². The number of hydrogen-bond donors (Lipinski definition) is 1. The van der Waals surface area contributed by atoms with Gasteiger partial charge in [0.25, 0.3) is 5.91 Å². The Morgan fingerprint density at radius 2 is 1.92 bits per heavy atom. The van der Waals surface area contributed by atoms with E-state index in [9.17, 15) is 18.0 Å². The molecular formula is C16H18N2O4S2. The molecule has 1 aliphatic carbocycles. The number of carbonyl (C=O) groups is 1. The molecule has 1 fully saturated rings. The summed E-state index contributed by atoms with van der Waals surface area (Å²) >= 11 is 0.945. The van der Waals surface area contributed by atoms with Crippen LogP contribution in [0.25, 0.3) is 0 Å². The lowest BCUT2D eigenvalue weighted by molar-refractivity contribution is 0.0954. The number of aromatic nitrogens is 1. The first-order valence-corrected chi connectivity index (χ1v) is 10.3. The smallest absolute Gasteiger partial charge is 0.308 e. The van der Waals surface area contributed by atoms with E-state index in [1.54, 1.807) is 23.6 Å². The van der Waals surface area contributed by atoms with Gasteiger partial charge in [-0.1, -0.05) is 23.5 Å². The minimum absolute atomic E-state index is 0.191. The molecule has 1 N–H and O–H groups in total. The van der Waals surface area contributed by atoms with Crippen LogP contribution in [0.3, 0.4) is 0 Å². The summed E-state index contributed by atoms with van der Waals surface area (Å²) in [6, 6.07) is 6.66. The average Bonchev–Trinajstić information content (AvgIpc) is 3.28. The van der Waals surface area contributed by atoms with Crippen molar-refractivity contribution in [1.29, 1.82) is 0 Å². The Hall–Kier alpha value is -1.93. The Labute approximate surface area is 144 Å². The van der Waals surface area contributed by atoms with Crippen LogP contribution >= 0.6 is 11.3 Å². The van der Waals surface area contributed by atoms with E-state index in [1.165, 1.54) is 12.1 Å². The minimum atomic E-state index is -3.24. The molecule has 1 aromatic carbocycles. The molecule has 1 amide bonds. The quantitative estimate of drug-likeness (QED) is 0.870. The van der Waals surface area contributed by atoms with Crippen LogP contribution in [0.4, 0.5) is 0 Å². The van der Waals surface area contributed by atoms with Crippen LogP contribution < -0.4 is 10.2 Å². The highest BCUT2D eigenvalue weighted by Crippen LogP contribution is 2.21. The predicted molar refractivity (Wildman–Crippen MR) is 92.5 cm³/mol. The van der Waals surface area contributed by atoms with Crippen molar-refractivity contribution < 1.29 is 13.2 Å². The summed E-state index contributed by atoms with van der Waals surface area (Å²) in [5.74, 6) is -0.191. The second kappa shape index (κ2) is 6.18. The normalized spacial score (nSPS) is 14.6. The molecule has 1 aliphatic rings. The fourth-order valence-electron chi connectivity index (χ4n) is 2.37. The summed E-state index contributed by atoms with van der Waals surface area (Å²) in [5.41, 5.74) is 1.44. The van der Waals surface area contributed by atoms with Gasteiger partial charge in [-0.2, -0.15) is 0 Å². The molecule has 0 saturated heterocycles. The van der Waals surface area contributed by atoms with Crippen molar-refractivity contribution in [2.75, 3.05) is 6.26 Å². The molecule has 1 heterocycles. The topological polar surface area (TPSA) is 85.2 Å². The Morgan fingerprint density at radius 3 is 2.46 bits per heavy atom. The second-order valence-electron chi connectivity index (χ2n) is 6.03. The highest BCUT2D eigenvalue weighted by atomic mass is 32.2. The van der Waals surface area contributed by atoms with Gasteiger partial charge in [0.15, 0.2) is 9.84 Å². The lowest BCUT2D eigenvalue weighted by atomic mass is 10.2. The van der Waals surface area contributed by atoms with Gasteiger partial charge in [0.1, 0.15) is 4.88 Å². The third-order valence-corrected chi connectivity index (χ3v) is 6.16. The molecule has 3 rings (SSSR count). The minimum Gasteiger partial charge on any atom is -0.349 e. The molecule has 1 saturated carbocycles. The summed E-state index contributed by atoms with van der Waals surface area (Å²) in [4.78, 5) is 24.9. The van der Waals surface area contributed by atoms with Crippen LogP contribution in [0.5, 0.6) is 0 Å². The largest absolute Gasteiger partial charge is 0.349 e. The van der Waals surface area contributed by atoms with E-state index in [1.807, 2.05) is 0 Å². The maximum absolute atomic E-state index is 12.2. The molecule has 0 bridgehead atoms. The van der Waals surface area contributed by atoms with E-state index in [2.05, 4.69) is 5.32 Å². The van der Waals surface area contributed by atoms with Crippen LogP contribution in [0.15, 0.2) is 34.0 Å². The number of rotatable bonds is 5. The van der Waals surface area contributed by atoms with Gasteiger partial charge in [-0.05, 0) is 37.5 Å². The molecule has 0 unspecified atom stereocenters. The zero-order valence-electron chi connectivity index (χ0n) is 13.4. The SMILES string of the molecule is Cc1c(C(=O)NC2CC2)sc(=O)n1Cc1ccc(S(C)(=O)=O)cc1. The summed E-state index contributed by atoms with van der Waals surface area (Å²) < 4.78 is 24.5. The summed E-state index contributed by atoms with van der Waals surface area (Å²) in [6.45, 7) is 2.06. The van der Waals surface area contributed by atoms with Gasteiger partial charge in [-0.15, -0.1) is 0 Å². The highest BCUT2D eigenvalue weighted by Gasteiger charge is 2.26. The monoisotopic (exact) mass is 366 g/mol. The van der Waals surface area contributed by atoms with Gasteiger partial charge >= 0.3 is 4.87 Å². The van der Waals surface area contributed by atoms with Crippen LogP contribution in [0.1, 0.15) is 33.8 Å². The van der Waals surface area contributed by atoms with Crippen molar-refractivity contribution in [3.8, 4) is 0 Å². The number of nitrogens with zero attached hydrogens (tertiary/aromatic N) is 1. The third-order valence-electron chi connectivity index (χ3n) is 3.95. The third kappa shape index (κ3) is 3.59. The number of nitrogens with one attached hydrogen (secondary N) is 1. The second-order valence-corrected chi connectivity index (χ2v) is 9.01. The summed E-state index contributed by atoms with van der Waals surface area (Å²) in [6.07, 6.45) is 3.14. The first-order chi connectivity index (χ1) is 11.3. The van der Waals surface area contributed by atoms with E-state index in [-0.39, 0.29) is 21.7 Å². The molecule has 8 heteroatoms. The van der Waals surface area contributed by atoms with Crippen molar-refractivity contribution in [3.63, 3.8) is 0 Å². The van der Waals surface area contributed by atoms with Crippen molar-refractivity contribution in [2.45, 2.75) is 37.2 Å². The average molecular weight is 366 g/mol. The summed E-state index contributed by atoms with van der Waals surface area (Å²) in [7, 11) is -3.24. The maximum Gasteiger partial charge on any atom is 0.308 e. The standard InChI is InChI=1S/C16H18N2O4S2/c1-10-14(15(19)17-12-5-6-12)23-16(20)18(10)9-11-3-7-13(8-4-11)24(2,21)22/h3-4,7-8,12H,5-6,9H2,1-2H3,(H,17,19). The first-order valence-electron chi connectivity index (χ1n) is 7.56. The Morgan fingerprint density at radius 1 is 1.29 bits per heavy atom. The van der Waals surface area contributed by atoms with Crippen molar-refractivity contribution in [1.82, 2.24) is 9.88 Å². The zero-order valence-corrected chi connectivity index (χ0v) is 15.0. The van der Waals surface area contributed by atoms with Crippen LogP contribution in [-0.2, 0) is 16.4 Å². The number of thiazole rings is 1. The number of amides is 1. The predicted octanol–water partition coefficient (Wildman–Crippen LogP) is 1.56. The first kappa shape index (κ1) is 16.9. The molecule has 0 atom stereocenters. The fourth-order valence-corrected chi connectivity index (χ4v) is 3.90. The van der Waals surface area contributed by atoms with Crippen LogP contribution in [0.2, 0.25) is 0 Å². The molecule has 24 heavy (non-hydrogen) atoms. The van der Waals surface area contributed by atoms with Crippen molar-refractivity contribution in [3.05, 3.63) is 50.1 Å². The maximum atomic E-state index is 12.2. The van der Waals surface area contributed by atoms with Gasteiger partial charge in [-0.3, -0.25) is 14.2 Å². The van der Waals surface area contributed by atoms with Gasteiger partial charge in [0, 0.05) is 18.0 Å². The van der Waals surface area contributed by atoms with Gasteiger partial charge < -0.3 is 5.32 Å². The van der Waals surface area contributed by atoms with Crippen LogP contribution in [0, 0.1) is 6.92 Å². The molecule has 0 spiro atoms. The molecule has 0 aliphatic heterocycles. The number of carbonyl (C=O) groups excluding carboxylic acids is 1. The Balaban J connectivity index is 1.83. The van der Waals surface area contributed by atoms with Gasteiger partial charge in [0.2, 0.25) is 0 Å². The van der Waals surface area contributed by atoms with Crippen molar-refractivity contribution in [2.24, 2.45) is 0 Å². The number of benzene rings is 1. The highest BCUT2D eigenvalue weighted by molar-refractivity contribution is 7.90.